The van der Waals surface area contributed by atoms with Gasteiger partial charge in [-0.1, -0.05) is 15.5 Å². The van der Waals surface area contributed by atoms with Crippen molar-refractivity contribution in [2.45, 2.75) is 13.5 Å². The summed E-state index contributed by atoms with van der Waals surface area (Å²) in [6.07, 6.45) is 1.34. The van der Waals surface area contributed by atoms with Crippen molar-refractivity contribution in [2.75, 3.05) is 0 Å². The summed E-state index contributed by atoms with van der Waals surface area (Å²) in [4.78, 5) is 0. The van der Waals surface area contributed by atoms with Gasteiger partial charge in [0.2, 0.25) is 0 Å². The highest BCUT2D eigenvalue weighted by molar-refractivity contribution is 5.79. The Labute approximate surface area is 97.5 Å². The van der Waals surface area contributed by atoms with Crippen LogP contribution >= 0.6 is 0 Å². The first kappa shape index (κ1) is 11.1. The van der Waals surface area contributed by atoms with E-state index in [2.05, 4.69) is 20.1 Å². The van der Waals surface area contributed by atoms with Crippen molar-refractivity contribution < 1.29 is 14.6 Å². The molecule has 2 aromatic rings. The second kappa shape index (κ2) is 5.11. The lowest BCUT2D eigenvalue weighted by Crippen LogP contribution is -1.97. The second-order valence-electron chi connectivity index (χ2n) is 3.40. The Morgan fingerprint density at radius 1 is 1.35 bits per heavy atom. The van der Waals surface area contributed by atoms with E-state index >= 15 is 0 Å². The van der Waals surface area contributed by atoms with Crippen LogP contribution in [0.4, 0.5) is 0 Å². The number of aryl methyl sites for hydroxylation is 1. The van der Waals surface area contributed by atoms with Gasteiger partial charge in [0.05, 0.1) is 6.21 Å². The molecule has 0 saturated carbocycles. The van der Waals surface area contributed by atoms with Crippen molar-refractivity contribution >= 4 is 6.21 Å². The van der Waals surface area contributed by atoms with Crippen LogP contribution in [0.25, 0.3) is 0 Å². The summed E-state index contributed by atoms with van der Waals surface area (Å²) in [7, 11) is 0. The Balaban J connectivity index is 1.98. The second-order valence-corrected chi connectivity index (χ2v) is 3.40. The first-order valence-electron chi connectivity index (χ1n) is 4.98. The van der Waals surface area contributed by atoms with Gasteiger partial charge >= 0.3 is 0 Å². The molecular weight excluding hydrogens is 222 g/mol. The molecule has 1 heterocycles. The van der Waals surface area contributed by atoms with Crippen LogP contribution in [-0.2, 0) is 6.61 Å². The van der Waals surface area contributed by atoms with Gasteiger partial charge in [0.25, 0.3) is 0 Å². The number of oxime groups is 1. The predicted molar refractivity (Wildman–Crippen MR) is 59.2 cm³/mol. The van der Waals surface area contributed by atoms with Crippen molar-refractivity contribution in [1.29, 1.82) is 0 Å². The van der Waals surface area contributed by atoms with Gasteiger partial charge in [-0.15, -0.1) is 0 Å². The van der Waals surface area contributed by atoms with E-state index in [0.29, 0.717) is 23.7 Å². The van der Waals surface area contributed by atoms with E-state index in [1.54, 1.807) is 31.2 Å². The topological polar surface area (TPSA) is 80.7 Å². The van der Waals surface area contributed by atoms with Crippen LogP contribution in [0.2, 0.25) is 0 Å². The highest BCUT2D eigenvalue weighted by atomic mass is 16.6. The molecule has 0 aliphatic heterocycles. The average Bonchev–Trinajstić information content (AvgIpc) is 2.75. The average molecular weight is 233 g/mol. The lowest BCUT2D eigenvalue weighted by atomic mass is 10.2. The zero-order valence-electron chi connectivity index (χ0n) is 9.20. The quantitative estimate of drug-likeness (QED) is 0.494. The molecule has 6 heteroatoms. The summed E-state index contributed by atoms with van der Waals surface area (Å²) in [5.74, 6) is 0.697. The van der Waals surface area contributed by atoms with Crippen LogP contribution in [0.1, 0.15) is 17.0 Å². The third-order valence-corrected chi connectivity index (χ3v) is 2.21. The van der Waals surface area contributed by atoms with Gasteiger partial charge in [-0.2, -0.15) is 0 Å². The molecule has 17 heavy (non-hydrogen) atoms. The van der Waals surface area contributed by atoms with Gasteiger partial charge in [0, 0.05) is 0 Å². The SMILES string of the molecule is Cc1nonc1COc1ccc(/C=N/O)cc1. The highest BCUT2D eigenvalue weighted by Crippen LogP contribution is 2.13. The molecule has 0 spiro atoms. The van der Waals surface area contributed by atoms with Gasteiger partial charge in [-0.3, -0.25) is 0 Å². The van der Waals surface area contributed by atoms with E-state index in [1.165, 1.54) is 6.21 Å². The number of benzene rings is 1. The third-order valence-electron chi connectivity index (χ3n) is 2.21. The normalized spacial score (nSPS) is 10.9. The van der Waals surface area contributed by atoms with Gasteiger partial charge in [0.15, 0.2) is 0 Å². The molecule has 0 saturated heterocycles. The first-order valence-corrected chi connectivity index (χ1v) is 4.98. The largest absolute Gasteiger partial charge is 0.487 e. The van der Waals surface area contributed by atoms with Crippen LogP contribution in [0.3, 0.4) is 0 Å². The van der Waals surface area contributed by atoms with E-state index in [0.717, 1.165) is 5.56 Å². The van der Waals surface area contributed by atoms with E-state index in [1.807, 2.05) is 0 Å². The van der Waals surface area contributed by atoms with Crippen LogP contribution < -0.4 is 4.74 Å². The number of aromatic nitrogens is 2. The van der Waals surface area contributed by atoms with Crippen molar-refractivity contribution in [3.63, 3.8) is 0 Å². The molecule has 1 aromatic heterocycles. The van der Waals surface area contributed by atoms with E-state index in [-0.39, 0.29) is 0 Å². The van der Waals surface area contributed by atoms with Gasteiger partial charge < -0.3 is 9.94 Å². The smallest absolute Gasteiger partial charge is 0.145 e. The minimum absolute atomic E-state index is 0.308. The predicted octanol–water partition coefficient (Wildman–Crippen LogP) is 1.77. The Morgan fingerprint density at radius 3 is 2.71 bits per heavy atom. The van der Waals surface area contributed by atoms with Gasteiger partial charge in [-0.25, -0.2) is 4.63 Å². The minimum atomic E-state index is 0.308. The van der Waals surface area contributed by atoms with Crippen LogP contribution in [0, 0.1) is 6.92 Å². The molecule has 6 nitrogen and oxygen atoms in total. The molecule has 0 fully saturated rings. The van der Waals surface area contributed by atoms with Gasteiger partial charge in [-0.05, 0) is 36.8 Å². The zero-order chi connectivity index (χ0) is 12.1. The molecule has 0 atom stereocenters. The molecule has 0 radical (unpaired) electrons. The molecule has 1 aromatic carbocycles. The molecule has 0 amide bonds. The lowest BCUT2D eigenvalue weighted by molar-refractivity contribution is 0.270. The van der Waals surface area contributed by atoms with E-state index < -0.39 is 0 Å². The van der Waals surface area contributed by atoms with Crippen LogP contribution in [0.5, 0.6) is 5.75 Å². The number of hydrogen-bond donors (Lipinski definition) is 1. The Bertz CT molecular complexity index is 505. The summed E-state index contributed by atoms with van der Waals surface area (Å²) in [6.45, 7) is 2.11. The minimum Gasteiger partial charge on any atom is -0.487 e. The molecule has 0 aliphatic carbocycles. The Kier molecular flexibility index (Phi) is 3.34. The Morgan fingerprint density at radius 2 is 2.12 bits per heavy atom. The van der Waals surface area contributed by atoms with Crippen LogP contribution in [0.15, 0.2) is 34.1 Å². The van der Waals surface area contributed by atoms with Crippen molar-refractivity contribution in [3.8, 4) is 5.75 Å². The maximum Gasteiger partial charge on any atom is 0.145 e. The van der Waals surface area contributed by atoms with Crippen molar-refractivity contribution in [3.05, 3.63) is 41.2 Å². The summed E-state index contributed by atoms with van der Waals surface area (Å²) in [6, 6.07) is 7.12. The third kappa shape index (κ3) is 2.81. The fourth-order valence-corrected chi connectivity index (χ4v) is 1.25. The number of ether oxygens (including phenoxy) is 1. The maximum absolute atomic E-state index is 8.36. The van der Waals surface area contributed by atoms with Crippen molar-refractivity contribution in [2.24, 2.45) is 5.16 Å². The molecular formula is C11H11N3O3. The van der Waals surface area contributed by atoms with E-state index in [9.17, 15) is 0 Å². The molecule has 0 aliphatic rings. The monoisotopic (exact) mass is 233 g/mol. The van der Waals surface area contributed by atoms with Crippen molar-refractivity contribution in [1.82, 2.24) is 10.3 Å². The first-order chi connectivity index (χ1) is 8.29. The summed E-state index contributed by atoms with van der Waals surface area (Å²) in [5, 5.41) is 18.7. The molecule has 1 N–H and O–H groups in total. The van der Waals surface area contributed by atoms with E-state index in [4.69, 9.17) is 9.94 Å². The molecule has 0 unspecified atom stereocenters. The summed E-state index contributed by atoms with van der Waals surface area (Å²) >= 11 is 0. The Hall–Kier alpha value is -2.37. The number of nitrogens with zero attached hydrogens (tertiary/aromatic N) is 3. The highest BCUT2D eigenvalue weighted by Gasteiger charge is 2.05. The van der Waals surface area contributed by atoms with Gasteiger partial charge in [0.1, 0.15) is 23.7 Å². The lowest BCUT2D eigenvalue weighted by Gasteiger charge is -2.03. The fourth-order valence-electron chi connectivity index (χ4n) is 1.25. The standard InChI is InChI=1S/C11H11N3O3/c1-8-11(14-17-13-8)7-16-10-4-2-9(3-5-10)6-12-15/h2-6,15H,7H2,1H3/b12-6+. The molecule has 0 bridgehead atoms. The summed E-state index contributed by atoms with van der Waals surface area (Å²) in [5.41, 5.74) is 2.18. The summed E-state index contributed by atoms with van der Waals surface area (Å²) < 4.78 is 10.1. The maximum atomic E-state index is 8.36. The fraction of sp³-hybridized carbons (Fsp3) is 0.182. The number of rotatable bonds is 4. The van der Waals surface area contributed by atoms with Crippen LogP contribution in [-0.4, -0.2) is 21.7 Å². The number of hydrogen-bond acceptors (Lipinski definition) is 6. The molecule has 2 rings (SSSR count). The zero-order valence-corrected chi connectivity index (χ0v) is 9.20. The molecule has 88 valence electrons.